The van der Waals surface area contributed by atoms with Gasteiger partial charge in [0.1, 0.15) is 11.6 Å². The van der Waals surface area contributed by atoms with E-state index in [2.05, 4.69) is 22.2 Å². The highest BCUT2D eigenvalue weighted by atomic mass is 16.5. The second-order valence-electron chi connectivity index (χ2n) is 6.81. The quantitative estimate of drug-likeness (QED) is 0.894. The molecule has 138 valence electrons. The van der Waals surface area contributed by atoms with Gasteiger partial charge in [-0.3, -0.25) is 4.79 Å². The van der Waals surface area contributed by atoms with E-state index in [0.717, 1.165) is 37.6 Å². The predicted octanol–water partition coefficient (Wildman–Crippen LogP) is 3.00. The van der Waals surface area contributed by atoms with Gasteiger partial charge in [0.05, 0.1) is 11.8 Å². The van der Waals surface area contributed by atoms with Crippen molar-refractivity contribution < 1.29 is 9.53 Å². The topological polar surface area (TPSA) is 57.7 Å². The molecule has 1 N–H and O–H groups in total. The van der Waals surface area contributed by atoms with Crippen molar-refractivity contribution >= 4 is 17.4 Å². The Labute approximate surface area is 154 Å². The van der Waals surface area contributed by atoms with E-state index in [4.69, 9.17) is 4.74 Å². The third-order valence-corrected chi connectivity index (χ3v) is 4.31. The fourth-order valence-electron chi connectivity index (χ4n) is 2.89. The largest absolute Gasteiger partial charge is 0.489 e. The number of rotatable bonds is 5. The summed E-state index contributed by atoms with van der Waals surface area (Å²) in [6.45, 7) is 7.30. The maximum absolute atomic E-state index is 12.8. The summed E-state index contributed by atoms with van der Waals surface area (Å²) >= 11 is 0. The van der Waals surface area contributed by atoms with Crippen molar-refractivity contribution in [1.82, 2.24) is 14.8 Å². The standard InChI is InChI=1S/C20H26N4O2/c1-15(2)26-18-7-5-4-6-17(18)22-19-14-16(8-9-21-19)20(25)24-12-10-23(3)11-13-24/h4-9,14-15H,10-13H2,1-3H3,(H,21,22). The van der Waals surface area contributed by atoms with Crippen LogP contribution in [0.3, 0.4) is 0 Å². The number of aromatic nitrogens is 1. The predicted molar refractivity (Wildman–Crippen MR) is 103 cm³/mol. The highest BCUT2D eigenvalue weighted by Gasteiger charge is 2.20. The van der Waals surface area contributed by atoms with Gasteiger partial charge in [0.25, 0.3) is 5.91 Å². The average molecular weight is 354 g/mol. The molecule has 1 aromatic carbocycles. The summed E-state index contributed by atoms with van der Waals surface area (Å²) in [5.41, 5.74) is 1.48. The van der Waals surface area contributed by atoms with Gasteiger partial charge >= 0.3 is 0 Å². The van der Waals surface area contributed by atoms with E-state index < -0.39 is 0 Å². The Bertz CT molecular complexity index is 755. The molecule has 6 nitrogen and oxygen atoms in total. The highest BCUT2D eigenvalue weighted by molar-refractivity contribution is 5.95. The maximum Gasteiger partial charge on any atom is 0.254 e. The Balaban J connectivity index is 1.75. The second kappa shape index (κ2) is 8.19. The van der Waals surface area contributed by atoms with Gasteiger partial charge in [0, 0.05) is 37.9 Å². The lowest BCUT2D eigenvalue weighted by atomic mass is 10.2. The number of ether oxygens (including phenoxy) is 1. The Hall–Kier alpha value is -2.60. The van der Waals surface area contributed by atoms with Crippen molar-refractivity contribution in [3.63, 3.8) is 0 Å². The Morgan fingerprint density at radius 1 is 1.15 bits per heavy atom. The molecular weight excluding hydrogens is 328 g/mol. The third-order valence-electron chi connectivity index (χ3n) is 4.31. The van der Waals surface area contributed by atoms with Crippen LogP contribution in [0, 0.1) is 0 Å². The third kappa shape index (κ3) is 4.52. The molecule has 1 aromatic heterocycles. The van der Waals surface area contributed by atoms with Crippen LogP contribution in [0.5, 0.6) is 5.75 Å². The first-order chi connectivity index (χ1) is 12.5. The smallest absolute Gasteiger partial charge is 0.254 e. The fraction of sp³-hybridized carbons (Fsp3) is 0.400. The molecular formula is C20H26N4O2. The first-order valence-electron chi connectivity index (χ1n) is 8.99. The van der Waals surface area contributed by atoms with Crippen LogP contribution in [0.1, 0.15) is 24.2 Å². The van der Waals surface area contributed by atoms with Gasteiger partial charge in [0.2, 0.25) is 0 Å². The molecule has 0 radical (unpaired) electrons. The van der Waals surface area contributed by atoms with Gasteiger partial charge in [-0.1, -0.05) is 12.1 Å². The summed E-state index contributed by atoms with van der Waals surface area (Å²) in [7, 11) is 2.08. The number of benzene rings is 1. The summed E-state index contributed by atoms with van der Waals surface area (Å²) in [6, 6.07) is 11.3. The molecule has 0 unspecified atom stereocenters. The van der Waals surface area contributed by atoms with E-state index in [9.17, 15) is 4.79 Å². The Kier molecular flexibility index (Phi) is 5.73. The number of hydrogen-bond acceptors (Lipinski definition) is 5. The van der Waals surface area contributed by atoms with Crippen molar-refractivity contribution in [3.8, 4) is 5.75 Å². The molecule has 0 aliphatic carbocycles. The highest BCUT2D eigenvalue weighted by Crippen LogP contribution is 2.27. The average Bonchev–Trinajstić information content (AvgIpc) is 2.63. The molecule has 1 fully saturated rings. The van der Waals surface area contributed by atoms with Gasteiger partial charge < -0.3 is 19.9 Å². The van der Waals surface area contributed by atoms with Gasteiger partial charge in [-0.2, -0.15) is 0 Å². The zero-order valence-electron chi connectivity index (χ0n) is 15.6. The minimum Gasteiger partial charge on any atom is -0.489 e. The number of pyridine rings is 1. The van der Waals surface area contributed by atoms with Crippen LogP contribution in [0.2, 0.25) is 0 Å². The van der Waals surface area contributed by atoms with Crippen LogP contribution in [0.4, 0.5) is 11.5 Å². The van der Waals surface area contributed by atoms with Crippen molar-refractivity contribution in [2.24, 2.45) is 0 Å². The number of anilines is 2. The molecule has 3 rings (SSSR count). The van der Waals surface area contributed by atoms with Crippen LogP contribution in [0.15, 0.2) is 42.6 Å². The van der Waals surface area contributed by atoms with Crippen molar-refractivity contribution in [2.75, 3.05) is 38.5 Å². The molecule has 2 aromatic rings. The molecule has 6 heteroatoms. The summed E-state index contributed by atoms with van der Waals surface area (Å²) in [6.07, 6.45) is 1.74. The lowest BCUT2D eigenvalue weighted by molar-refractivity contribution is 0.0664. The van der Waals surface area contributed by atoms with Crippen LogP contribution in [0.25, 0.3) is 0 Å². The van der Waals surface area contributed by atoms with Crippen LogP contribution < -0.4 is 10.1 Å². The Morgan fingerprint density at radius 2 is 1.88 bits per heavy atom. The van der Waals surface area contributed by atoms with Crippen molar-refractivity contribution in [1.29, 1.82) is 0 Å². The molecule has 1 saturated heterocycles. The van der Waals surface area contributed by atoms with E-state index in [-0.39, 0.29) is 12.0 Å². The molecule has 0 saturated carbocycles. The molecule has 2 heterocycles. The van der Waals surface area contributed by atoms with Gasteiger partial charge in [-0.15, -0.1) is 0 Å². The first-order valence-corrected chi connectivity index (χ1v) is 8.99. The monoisotopic (exact) mass is 354 g/mol. The van der Waals surface area contributed by atoms with Gasteiger partial charge in [0.15, 0.2) is 0 Å². The molecule has 0 bridgehead atoms. The molecule has 1 aliphatic heterocycles. The number of nitrogens with one attached hydrogen (secondary N) is 1. The molecule has 0 spiro atoms. The van der Waals surface area contributed by atoms with Gasteiger partial charge in [-0.05, 0) is 45.2 Å². The normalized spacial score (nSPS) is 15.2. The zero-order valence-corrected chi connectivity index (χ0v) is 15.6. The van der Waals surface area contributed by atoms with Crippen molar-refractivity contribution in [3.05, 3.63) is 48.2 Å². The summed E-state index contributed by atoms with van der Waals surface area (Å²) in [5, 5.41) is 3.27. The van der Waals surface area contributed by atoms with Crippen LogP contribution in [-0.4, -0.2) is 60.0 Å². The van der Waals surface area contributed by atoms with E-state index in [0.29, 0.717) is 11.4 Å². The summed E-state index contributed by atoms with van der Waals surface area (Å²) < 4.78 is 5.83. The van der Waals surface area contributed by atoms with Crippen molar-refractivity contribution in [2.45, 2.75) is 20.0 Å². The number of likely N-dealkylation sites (N-methyl/N-ethyl adjacent to an activating group) is 1. The van der Waals surface area contributed by atoms with E-state index in [1.54, 1.807) is 18.3 Å². The second-order valence-corrected chi connectivity index (χ2v) is 6.81. The van der Waals surface area contributed by atoms with Crippen LogP contribution >= 0.6 is 0 Å². The maximum atomic E-state index is 12.8. The summed E-state index contributed by atoms with van der Waals surface area (Å²) in [5.74, 6) is 1.44. The molecule has 1 amide bonds. The molecule has 1 aliphatic rings. The first kappa shape index (κ1) is 18.2. The fourth-order valence-corrected chi connectivity index (χ4v) is 2.89. The number of carbonyl (C=O) groups excluding carboxylic acids is 1. The Morgan fingerprint density at radius 3 is 2.62 bits per heavy atom. The SMILES string of the molecule is CC(C)Oc1ccccc1Nc1cc(C(=O)N2CCN(C)CC2)ccn1. The number of nitrogens with zero attached hydrogens (tertiary/aromatic N) is 3. The minimum absolute atomic E-state index is 0.0512. The summed E-state index contributed by atoms with van der Waals surface area (Å²) in [4.78, 5) is 21.2. The molecule has 26 heavy (non-hydrogen) atoms. The zero-order chi connectivity index (χ0) is 18.5. The van der Waals surface area contributed by atoms with E-state index in [1.807, 2.05) is 43.0 Å². The number of para-hydroxylation sites is 2. The lowest BCUT2D eigenvalue weighted by Crippen LogP contribution is -2.47. The van der Waals surface area contributed by atoms with Gasteiger partial charge in [-0.25, -0.2) is 4.98 Å². The van der Waals surface area contributed by atoms with E-state index >= 15 is 0 Å². The minimum atomic E-state index is 0.0512. The number of amides is 1. The molecule has 0 atom stereocenters. The number of hydrogen-bond donors (Lipinski definition) is 1. The van der Waals surface area contributed by atoms with Crippen LogP contribution in [-0.2, 0) is 0 Å². The lowest BCUT2D eigenvalue weighted by Gasteiger charge is -2.32. The number of carbonyl (C=O) groups is 1. The van der Waals surface area contributed by atoms with E-state index in [1.165, 1.54) is 0 Å². The number of piperazine rings is 1.